The zero-order valence-corrected chi connectivity index (χ0v) is 15.9. The average Bonchev–Trinajstić information content (AvgIpc) is 2.75. The predicted octanol–water partition coefficient (Wildman–Crippen LogP) is 4.29. The maximum absolute atomic E-state index is 5.69. The van der Waals surface area contributed by atoms with E-state index in [1.165, 1.54) is 36.7 Å². The predicted molar refractivity (Wildman–Crippen MR) is 112 cm³/mol. The minimum atomic E-state index is 0.158. The van der Waals surface area contributed by atoms with Gasteiger partial charge in [-0.25, -0.2) is 0 Å². The van der Waals surface area contributed by atoms with Crippen LogP contribution in [0.1, 0.15) is 41.8 Å². The first-order valence-electron chi connectivity index (χ1n) is 10.2. The molecule has 2 heterocycles. The molecule has 2 aliphatic rings. The summed E-state index contributed by atoms with van der Waals surface area (Å²) in [5.74, 6) is 7.46. The molecule has 0 saturated carbocycles. The van der Waals surface area contributed by atoms with Gasteiger partial charge in [0.2, 0.25) is 0 Å². The Labute approximate surface area is 164 Å². The Morgan fingerprint density at radius 2 is 1.89 bits per heavy atom. The largest absolute Gasteiger partial charge is 0.377 e. The third-order valence-electron chi connectivity index (χ3n) is 5.61. The highest BCUT2D eigenvalue weighted by molar-refractivity contribution is 6.38. The van der Waals surface area contributed by atoms with Crippen LogP contribution in [0.4, 0.5) is 0 Å². The van der Waals surface area contributed by atoms with E-state index in [9.17, 15) is 0 Å². The van der Waals surface area contributed by atoms with Crippen LogP contribution in [0.5, 0.6) is 0 Å². The van der Waals surface area contributed by atoms with Crippen molar-refractivity contribution in [3.8, 4) is 11.8 Å². The third-order valence-corrected chi connectivity index (χ3v) is 5.61. The third kappa shape index (κ3) is 5.03. The van der Waals surface area contributed by atoms with E-state index in [-0.39, 0.29) is 6.04 Å². The lowest BCUT2D eigenvalue weighted by Gasteiger charge is -2.32. The molecule has 2 fully saturated rings. The van der Waals surface area contributed by atoms with Gasteiger partial charge in [0.05, 0.1) is 19.3 Å². The van der Waals surface area contributed by atoms with Crippen LogP contribution in [-0.2, 0) is 11.3 Å². The number of morpholine rings is 1. The van der Waals surface area contributed by atoms with Gasteiger partial charge in [-0.15, -0.1) is 0 Å². The van der Waals surface area contributed by atoms with Crippen LogP contribution >= 0.6 is 0 Å². The van der Waals surface area contributed by atoms with Gasteiger partial charge in [0.1, 0.15) is 7.28 Å². The van der Waals surface area contributed by atoms with Crippen molar-refractivity contribution in [1.29, 1.82) is 0 Å². The van der Waals surface area contributed by atoms with E-state index in [1.807, 2.05) is 0 Å². The monoisotopic (exact) mass is 356 g/mol. The molecular weight excluding hydrogens is 329 g/mol. The number of ether oxygens (including phenoxy) is 1. The van der Waals surface area contributed by atoms with Crippen LogP contribution in [-0.4, -0.2) is 38.0 Å². The van der Waals surface area contributed by atoms with Gasteiger partial charge in [0.15, 0.2) is 0 Å². The minimum absolute atomic E-state index is 0.158. The Morgan fingerprint density at radius 1 is 1.04 bits per heavy atom. The lowest BCUT2D eigenvalue weighted by Crippen LogP contribution is -2.44. The molecular formula is C24H27BNO. The quantitative estimate of drug-likeness (QED) is 0.601. The van der Waals surface area contributed by atoms with Gasteiger partial charge in [0.25, 0.3) is 0 Å². The fourth-order valence-electron chi connectivity index (χ4n) is 4.01. The van der Waals surface area contributed by atoms with Crippen molar-refractivity contribution in [2.24, 2.45) is 0 Å². The smallest absolute Gasteiger partial charge is 0.119 e. The zero-order chi connectivity index (χ0) is 18.3. The highest BCUT2D eigenvalue weighted by Gasteiger charge is 2.21. The summed E-state index contributed by atoms with van der Waals surface area (Å²) < 4.78 is 5.69. The molecule has 4 rings (SSSR count). The van der Waals surface area contributed by atoms with Gasteiger partial charge < -0.3 is 4.74 Å². The summed E-state index contributed by atoms with van der Waals surface area (Å²) in [5.41, 5.74) is 3.87. The second kappa shape index (κ2) is 9.26. The van der Waals surface area contributed by atoms with Crippen LogP contribution in [0, 0.1) is 11.8 Å². The van der Waals surface area contributed by atoms with Crippen LogP contribution in [0.2, 0.25) is 6.32 Å². The van der Waals surface area contributed by atoms with Gasteiger partial charge in [-0.2, -0.15) is 0 Å². The molecule has 0 spiro atoms. The summed E-state index contributed by atoms with van der Waals surface area (Å²) in [7, 11) is 2.48. The van der Waals surface area contributed by atoms with Crippen molar-refractivity contribution in [3.63, 3.8) is 0 Å². The van der Waals surface area contributed by atoms with E-state index in [4.69, 9.17) is 4.74 Å². The number of nitrogens with zero attached hydrogens (tertiary/aromatic N) is 1. The van der Waals surface area contributed by atoms with E-state index in [0.717, 1.165) is 25.3 Å². The first-order valence-corrected chi connectivity index (χ1v) is 10.2. The van der Waals surface area contributed by atoms with Gasteiger partial charge in [-0.05, 0) is 23.5 Å². The summed E-state index contributed by atoms with van der Waals surface area (Å²) in [6.45, 7) is 3.34. The van der Waals surface area contributed by atoms with Crippen molar-refractivity contribution in [2.75, 3.05) is 19.8 Å². The molecule has 27 heavy (non-hydrogen) atoms. The lowest BCUT2D eigenvalue weighted by molar-refractivity contribution is 0.00958. The van der Waals surface area contributed by atoms with Crippen LogP contribution in [0.15, 0.2) is 54.6 Å². The molecule has 0 aliphatic carbocycles. The number of rotatable bonds is 3. The number of hydrogen-bond acceptors (Lipinski definition) is 2. The van der Waals surface area contributed by atoms with E-state index in [2.05, 4.69) is 78.6 Å². The zero-order valence-electron chi connectivity index (χ0n) is 15.9. The lowest BCUT2D eigenvalue weighted by atomic mass is 9.54. The topological polar surface area (TPSA) is 12.5 Å². The van der Waals surface area contributed by atoms with E-state index < -0.39 is 0 Å². The summed E-state index contributed by atoms with van der Waals surface area (Å²) in [6, 6.07) is 19.7. The molecule has 2 aromatic rings. The highest BCUT2D eigenvalue weighted by atomic mass is 16.5. The van der Waals surface area contributed by atoms with E-state index in [0.29, 0.717) is 12.4 Å². The first-order chi connectivity index (χ1) is 13.4. The van der Waals surface area contributed by atoms with Crippen molar-refractivity contribution in [1.82, 2.24) is 4.90 Å². The summed E-state index contributed by atoms with van der Waals surface area (Å²) >= 11 is 0. The van der Waals surface area contributed by atoms with E-state index in [1.54, 1.807) is 0 Å². The maximum Gasteiger partial charge on any atom is 0.119 e. The summed E-state index contributed by atoms with van der Waals surface area (Å²) in [6.07, 6.45) is 5.24. The molecule has 2 nitrogen and oxygen atoms in total. The molecule has 1 radical (unpaired) electrons. The maximum atomic E-state index is 5.69. The second-order valence-corrected chi connectivity index (χ2v) is 7.56. The molecule has 2 aromatic carbocycles. The summed E-state index contributed by atoms with van der Waals surface area (Å²) in [5, 5.41) is 0. The molecule has 0 aromatic heterocycles. The van der Waals surface area contributed by atoms with Crippen molar-refractivity contribution >= 4 is 7.28 Å². The Hall–Kier alpha value is -2.02. The molecule has 2 atom stereocenters. The fourth-order valence-corrected chi connectivity index (χ4v) is 4.01. The van der Waals surface area contributed by atoms with Crippen LogP contribution in [0.25, 0.3) is 0 Å². The molecule has 2 unspecified atom stereocenters. The van der Waals surface area contributed by atoms with Crippen molar-refractivity contribution in [2.45, 2.75) is 44.0 Å². The Kier molecular flexibility index (Phi) is 6.30. The Morgan fingerprint density at radius 3 is 2.67 bits per heavy atom. The number of benzene rings is 2. The molecule has 3 heteroatoms. The normalized spacial score (nSPS) is 23.1. The van der Waals surface area contributed by atoms with Crippen LogP contribution < -0.4 is 0 Å². The molecule has 0 bridgehead atoms. The fraction of sp³-hybridized carbons (Fsp3) is 0.417. The summed E-state index contributed by atoms with van der Waals surface area (Å²) in [4.78, 5) is 2.43. The molecule has 0 N–H and O–H groups in total. The second-order valence-electron chi connectivity index (χ2n) is 7.56. The highest BCUT2D eigenvalue weighted by Crippen LogP contribution is 2.27. The molecule has 2 aliphatic heterocycles. The van der Waals surface area contributed by atoms with Crippen molar-refractivity contribution < 1.29 is 4.74 Å². The standard InChI is InChI=1S/C24H27BNO/c1-2-6-21(7-3-1)18-26-16-17-27-19-23(26)14-11-20-9-12-22(13-10-20)24-8-4-5-15-25-24/h1-3,6-7,9-10,12-13,23-24H,4-5,8,15-19H2. The first kappa shape index (κ1) is 18.4. The SMILES string of the molecule is [B]1CCCCC1c1ccc(C#CC2COCCN2Cc2ccccc2)cc1. The minimum Gasteiger partial charge on any atom is -0.377 e. The van der Waals surface area contributed by atoms with Crippen molar-refractivity contribution in [3.05, 3.63) is 71.3 Å². The average molecular weight is 356 g/mol. The molecule has 0 amide bonds. The van der Waals surface area contributed by atoms with Gasteiger partial charge >= 0.3 is 0 Å². The van der Waals surface area contributed by atoms with Gasteiger partial charge in [-0.1, -0.05) is 85.5 Å². The van der Waals surface area contributed by atoms with Gasteiger partial charge in [-0.3, -0.25) is 4.90 Å². The Bertz CT molecular complexity index is 772. The van der Waals surface area contributed by atoms with E-state index >= 15 is 0 Å². The number of hydrogen-bond donors (Lipinski definition) is 0. The molecule has 2 saturated heterocycles. The molecule has 137 valence electrons. The van der Waals surface area contributed by atoms with Crippen LogP contribution in [0.3, 0.4) is 0 Å². The Balaban J connectivity index is 1.42. The van der Waals surface area contributed by atoms with Gasteiger partial charge in [0, 0.05) is 18.7 Å².